The highest BCUT2D eigenvalue weighted by atomic mass is 32.2. The number of nitrogens with one attached hydrogen (secondary N) is 1. The van der Waals surface area contributed by atoms with Gasteiger partial charge >= 0.3 is 0 Å². The summed E-state index contributed by atoms with van der Waals surface area (Å²) < 4.78 is 0. The summed E-state index contributed by atoms with van der Waals surface area (Å²) in [5, 5.41) is 0.526. The molecule has 0 fully saturated rings. The minimum absolute atomic E-state index is 0.247. The summed E-state index contributed by atoms with van der Waals surface area (Å²) in [6.07, 6.45) is 1.86. The monoisotopic (exact) mass is 346 g/mol. The predicted molar refractivity (Wildman–Crippen MR) is 101 cm³/mol. The fourth-order valence-electron chi connectivity index (χ4n) is 2.63. The fraction of sp³-hybridized carbons (Fsp3) is 0.0526. The lowest BCUT2D eigenvalue weighted by Gasteiger charge is -2.10. The minimum Gasteiger partial charge on any atom is -0.299 e. The molecule has 0 amide bonds. The van der Waals surface area contributed by atoms with Crippen LogP contribution in [0.15, 0.2) is 70.6 Å². The third kappa shape index (κ3) is 2.92. The van der Waals surface area contributed by atoms with Crippen LogP contribution >= 0.6 is 11.8 Å². The topological polar surface area (TPSA) is 71.5 Å². The second-order valence-electron chi connectivity index (χ2n) is 5.40. The van der Waals surface area contributed by atoms with Crippen LogP contribution in [0.5, 0.6) is 0 Å². The Balaban J connectivity index is 2.08. The normalized spacial score (nSPS) is 10.9. The van der Waals surface area contributed by atoms with Crippen LogP contribution in [0.4, 0.5) is 0 Å². The average molecular weight is 346 g/mol. The number of hydrogen-bond donors (Lipinski definition) is 1. The van der Waals surface area contributed by atoms with E-state index in [0.29, 0.717) is 22.2 Å². The van der Waals surface area contributed by atoms with Gasteiger partial charge in [0.2, 0.25) is 0 Å². The summed E-state index contributed by atoms with van der Waals surface area (Å²) in [4.78, 5) is 28.8. The molecule has 6 heteroatoms. The molecule has 4 rings (SSSR count). The number of rotatable bonds is 3. The highest BCUT2D eigenvalue weighted by Crippen LogP contribution is 2.29. The quantitative estimate of drug-likeness (QED) is 0.452. The largest absolute Gasteiger partial charge is 0.299 e. The third-order valence-corrected chi connectivity index (χ3v) is 4.39. The molecule has 0 spiro atoms. The number of hydrogen-bond acceptors (Lipinski definition) is 5. The van der Waals surface area contributed by atoms with Gasteiger partial charge in [-0.1, -0.05) is 72.4 Å². The van der Waals surface area contributed by atoms with Gasteiger partial charge in [-0.3, -0.25) is 9.78 Å². The van der Waals surface area contributed by atoms with E-state index in [2.05, 4.69) is 19.9 Å². The maximum atomic E-state index is 12.4. The molecule has 2 heterocycles. The SMILES string of the molecule is CSc1nc2nc(-c3ccccc3)c(-c3ccccc3)nc2c(=O)[nH]1. The first-order valence-corrected chi connectivity index (χ1v) is 8.95. The standard InChI is InChI=1S/C19H14N4OS/c1-25-19-22-17-16(18(24)23-19)20-14(12-8-4-2-5-9-12)15(21-17)13-10-6-3-7-11-13/h2-11H,1H3,(H,21,22,23,24). The molecule has 1 N–H and O–H groups in total. The third-order valence-electron chi connectivity index (χ3n) is 3.81. The summed E-state index contributed by atoms with van der Waals surface area (Å²) >= 11 is 1.37. The van der Waals surface area contributed by atoms with Gasteiger partial charge in [0.05, 0.1) is 11.4 Å². The number of aromatic nitrogens is 4. The summed E-state index contributed by atoms with van der Waals surface area (Å²) in [7, 11) is 0. The van der Waals surface area contributed by atoms with Crippen molar-refractivity contribution in [3.8, 4) is 22.5 Å². The van der Waals surface area contributed by atoms with Crippen molar-refractivity contribution in [2.45, 2.75) is 5.16 Å². The number of fused-ring (bicyclic) bond motifs is 1. The van der Waals surface area contributed by atoms with Crippen molar-refractivity contribution >= 4 is 22.9 Å². The van der Waals surface area contributed by atoms with Crippen LogP contribution in [-0.4, -0.2) is 26.2 Å². The first kappa shape index (κ1) is 15.5. The van der Waals surface area contributed by atoms with E-state index in [-0.39, 0.29) is 11.1 Å². The second kappa shape index (κ2) is 6.49. The van der Waals surface area contributed by atoms with Gasteiger partial charge in [0.25, 0.3) is 5.56 Å². The zero-order valence-corrected chi connectivity index (χ0v) is 14.2. The van der Waals surface area contributed by atoms with Gasteiger partial charge < -0.3 is 0 Å². The molecule has 0 aliphatic carbocycles. The van der Waals surface area contributed by atoms with Crippen molar-refractivity contribution in [1.29, 1.82) is 0 Å². The first-order chi connectivity index (χ1) is 12.3. The molecule has 25 heavy (non-hydrogen) atoms. The Labute approximate surface area is 148 Å². The molecule has 5 nitrogen and oxygen atoms in total. The maximum Gasteiger partial charge on any atom is 0.279 e. The molecule has 0 unspecified atom stereocenters. The molecule has 0 aliphatic heterocycles. The van der Waals surface area contributed by atoms with E-state index >= 15 is 0 Å². The fourth-order valence-corrected chi connectivity index (χ4v) is 3.00. The smallest absolute Gasteiger partial charge is 0.279 e. The van der Waals surface area contributed by atoms with E-state index in [0.717, 1.165) is 11.1 Å². The van der Waals surface area contributed by atoms with Crippen LogP contribution in [0.2, 0.25) is 0 Å². The number of aromatic amines is 1. The molecule has 2 aromatic heterocycles. The first-order valence-electron chi connectivity index (χ1n) is 7.73. The number of benzene rings is 2. The maximum absolute atomic E-state index is 12.4. The van der Waals surface area contributed by atoms with Crippen LogP contribution in [0.25, 0.3) is 33.7 Å². The zero-order chi connectivity index (χ0) is 17.2. The molecule has 4 aromatic rings. The van der Waals surface area contributed by atoms with Crippen LogP contribution in [0.1, 0.15) is 0 Å². The second-order valence-corrected chi connectivity index (χ2v) is 6.20. The Morgan fingerprint density at radius 1 is 0.800 bits per heavy atom. The van der Waals surface area contributed by atoms with Gasteiger partial charge in [0.15, 0.2) is 16.3 Å². The van der Waals surface area contributed by atoms with Crippen molar-refractivity contribution < 1.29 is 0 Å². The molecule has 0 atom stereocenters. The number of thioether (sulfide) groups is 1. The van der Waals surface area contributed by atoms with E-state index in [1.807, 2.05) is 66.9 Å². The molecule has 0 saturated heterocycles. The number of H-pyrrole nitrogens is 1. The highest BCUT2D eigenvalue weighted by molar-refractivity contribution is 7.98. The van der Waals surface area contributed by atoms with Crippen molar-refractivity contribution in [1.82, 2.24) is 19.9 Å². The zero-order valence-electron chi connectivity index (χ0n) is 13.4. The van der Waals surface area contributed by atoms with Crippen LogP contribution < -0.4 is 5.56 Å². The van der Waals surface area contributed by atoms with Crippen molar-refractivity contribution in [2.24, 2.45) is 0 Å². The van der Waals surface area contributed by atoms with Gasteiger partial charge in [-0.05, 0) is 6.26 Å². The lowest BCUT2D eigenvalue weighted by molar-refractivity contribution is 0.955. The van der Waals surface area contributed by atoms with Crippen molar-refractivity contribution in [2.75, 3.05) is 6.26 Å². The van der Waals surface area contributed by atoms with Gasteiger partial charge in [-0.2, -0.15) is 0 Å². The van der Waals surface area contributed by atoms with Crippen molar-refractivity contribution in [3.63, 3.8) is 0 Å². The van der Waals surface area contributed by atoms with E-state index in [9.17, 15) is 4.79 Å². The Bertz CT molecular complexity index is 1090. The Kier molecular flexibility index (Phi) is 4.03. The highest BCUT2D eigenvalue weighted by Gasteiger charge is 2.16. The van der Waals surface area contributed by atoms with Crippen molar-refractivity contribution in [3.05, 3.63) is 71.0 Å². The van der Waals surface area contributed by atoms with Gasteiger partial charge in [-0.15, -0.1) is 0 Å². The summed E-state index contributed by atoms with van der Waals surface area (Å²) in [5.41, 5.74) is 3.54. The lowest BCUT2D eigenvalue weighted by atomic mass is 10.0. The van der Waals surface area contributed by atoms with Gasteiger partial charge in [-0.25, -0.2) is 15.0 Å². The summed E-state index contributed by atoms with van der Waals surface area (Å²) in [5.74, 6) is 0. The summed E-state index contributed by atoms with van der Waals surface area (Å²) in [6, 6.07) is 19.6. The Morgan fingerprint density at radius 3 is 1.92 bits per heavy atom. The molecule has 2 aromatic carbocycles. The molecule has 0 radical (unpaired) electrons. The van der Waals surface area contributed by atoms with Gasteiger partial charge in [0.1, 0.15) is 0 Å². The lowest BCUT2D eigenvalue weighted by Crippen LogP contribution is -2.13. The van der Waals surface area contributed by atoms with Crippen LogP contribution in [0.3, 0.4) is 0 Å². The van der Waals surface area contributed by atoms with E-state index in [1.54, 1.807) is 0 Å². The minimum atomic E-state index is -0.279. The van der Waals surface area contributed by atoms with Crippen LogP contribution in [-0.2, 0) is 0 Å². The summed E-state index contributed by atoms with van der Waals surface area (Å²) in [6.45, 7) is 0. The van der Waals surface area contributed by atoms with E-state index < -0.39 is 0 Å². The molecule has 0 aliphatic rings. The van der Waals surface area contributed by atoms with E-state index in [4.69, 9.17) is 0 Å². The molecule has 0 bridgehead atoms. The molecule has 122 valence electrons. The molecule has 0 saturated carbocycles. The number of nitrogens with zero attached hydrogens (tertiary/aromatic N) is 3. The predicted octanol–water partition coefficient (Wildman–Crippen LogP) is 3.77. The molecular weight excluding hydrogens is 332 g/mol. The Hall–Kier alpha value is -2.99. The average Bonchev–Trinajstić information content (AvgIpc) is 2.68. The van der Waals surface area contributed by atoms with Gasteiger partial charge in [0, 0.05) is 11.1 Å². The molecular formula is C19H14N4OS. The Morgan fingerprint density at radius 2 is 1.36 bits per heavy atom. The van der Waals surface area contributed by atoms with E-state index in [1.165, 1.54) is 11.8 Å². The van der Waals surface area contributed by atoms with Crippen LogP contribution in [0, 0.1) is 0 Å².